The Balaban J connectivity index is 1.29. The van der Waals surface area contributed by atoms with Crippen LogP contribution in [0.25, 0.3) is 11.1 Å². The molecule has 1 aromatic heterocycles. The lowest BCUT2D eigenvalue weighted by atomic mass is 9.94. The molecule has 0 spiro atoms. The summed E-state index contributed by atoms with van der Waals surface area (Å²) in [5.74, 6) is 0.683. The summed E-state index contributed by atoms with van der Waals surface area (Å²) >= 11 is 0. The number of carbonyl (C=O) groups is 1. The average Bonchev–Trinajstić information content (AvgIpc) is 3.62. The fraction of sp³-hybridized carbons (Fsp3) is 0.167. The molecule has 190 valence electrons. The molecule has 1 unspecified atom stereocenters. The highest BCUT2D eigenvalue weighted by Crippen LogP contribution is 2.33. The van der Waals surface area contributed by atoms with E-state index in [4.69, 9.17) is 14.3 Å². The second-order valence-electron chi connectivity index (χ2n) is 9.24. The van der Waals surface area contributed by atoms with Crippen LogP contribution in [0.5, 0.6) is 11.5 Å². The molecule has 3 heterocycles. The second-order valence-corrected chi connectivity index (χ2v) is 9.24. The molecular weight excluding hydrogens is 485 g/mol. The van der Waals surface area contributed by atoms with E-state index in [1.807, 2.05) is 55.5 Å². The SMILES string of the molecule is Cc1ccc(-c2cc(C(=O)NCc3ccc4c(c3)OCO4)cc(C3=NOC(c4ccccn4)C3)c2)c(F)c1. The molecular formula is C30H24FN3O4. The van der Waals surface area contributed by atoms with Crippen molar-refractivity contribution in [1.29, 1.82) is 0 Å². The molecule has 8 heteroatoms. The zero-order valence-electron chi connectivity index (χ0n) is 20.6. The maximum Gasteiger partial charge on any atom is 0.251 e. The van der Waals surface area contributed by atoms with Crippen molar-refractivity contribution in [3.05, 3.63) is 113 Å². The smallest absolute Gasteiger partial charge is 0.251 e. The van der Waals surface area contributed by atoms with Gasteiger partial charge in [-0.25, -0.2) is 4.39 Å². The fourth-order valence-electron chi connectivity index (χ4n) is 4.54. The number of hydrogen-bond acceptors (Lipinski definition) is 6. The minimum atomic E-state index is -0.357. The predicted octanol–water partition coefficient (Wildman–Crippen LogP) is 5.72. The number of benzene rings is 3. The summed E-state index contributed by atoms with van der Waals surface area (Å²) in [6.07, 6.45) is 1.86. The van der Waals surface area contributed by atoms with Crippen molar-refractivity contribution in [2.45, 2.75) is 26.0 Å². The molecule has 2 aliphatic heterocycles. The summed E-state index contributed by atoms with van der Waals surface area (Å²) in [6.45, 7) is 2.31. The molecule has 0 aliphatic carbocycles. The van der Waals surface area contributed by atoms with Crippen molar-refractivity contribution in [1.82, 2.24) is 10.3 Å². The largest absolute Gasteiger partial charge is 0.454 e. The first-order chi connectivity index (χ1) is 18.5. The van der Waals surface area contributed by atoms with Crippen LogP contribution in [0.4, 0.5) is 4.39 Å². The van der Waals surface area contributed by atoms with E-state index in [2.05, 4.69) is 15.5 Å². The summed E-state index contributed by atoms with van der Waals surface area (Å²) in [5.41, 5.74) is 5.19. The highest BCUT2D eigenvalue weighted by molar-refractivity contribution is 6.05. The number of amides is 1. The lowest BCUT2D eigenvalue weighted by molar-refractivity contribution is 0.0826. The van der Waals surface area contributed by atoms with Gasteiger partial charge in [0.05, 0.1) is 11.4 Å². The number of carbonyl (C=O) groups excluding carboxylic acids is 1. The normalized spacial score (nSPS) is 15.6. The Labute approximate surface area is 218 Å². The van der Waals surface area contributed by atoms with Crippen molar-refractivity contribution < 1.29 is 23.5 Å². The van der Waals surface area contributed by atoms with Crippen molar-refractivity contribution in [3.8, 4) is 22.6 Å². The number of hydrogen-bond donors (Lipinski definition) is 1. The fourth-order valence-corrected chi connectivity index (χ4v) is 4.54. The van der Waals surface area contributed by atoms with E-state index in [-0.39, 0.29) is 24.6 Å². The maximum absolute atomic E-state index is 15.0. The number of pyridine rings is 1. The van der Waals surface area contributed by atoms with Gasteiger partial charge < -0.3 is 19.6 Å². The van der Waals surface area contributed by atoms with Gasteiger partial charge in [-0.1, -0.05) is 29.4 Å². The molecule has 1 N–H and O–H groups in total. The molecule has 2 aliphatic rings. The van der Waals surface area contributed by atoms with Crippen molar-refractivity contribution in [2.75, 3.05) is 6.79 Å². The van der Waals surface area contributed by atoms with Gasteiger partial charge in [0.2, 0.25) is 6.79 Å². The zero-order valence-corrected chi connectivity index (χ0v) is 20.6. The summed E-state index contributed by atoms with van der Waals surface area (Å²) in [6, 6.07) is 21.5. The monoisotopic (exact) mass is 509 g/mol. The van der Waals surface area contributed by atoms with Crippen LogP contribution in [0.2, 0.25) is 0 Å². The number of nitrogens with zero attached hydrogens (tertiary/aromatic N) is 2. The summed E-state index contributed by atoms with van der Waals surface area (Å²) in [7, 11) is 0. The average molecular weight is 510 g/mol. The topological polar surface area (TPSA) is 82.0 Å². The van der Waals surface area contributed by atoms with Crippen LogP contribution >= 0.6 is 0 Å². The molecule has 38 heavy (non-hydrogen) atoms. The molecule has 1 amide bonds. The van der Waals surface area contributed by atoms with Crippen LogP contribution in [0.15, 0.2) is 84.1 Å². The Morgan fingerprint density at radius 2 is 1.87 bits per heavy atom. The van der Waals surface area contributed by atoms with Gasteiger partial charge in [-0.15, -0.1) is 0 Å². The van der Waals surface area contributed by atoms with Crippen molar-refractivity contribution in [3.63, 3.8) is 0 Å². The van der Waals surface area contributed by atoms with Gasteiger partial charge in [0.1, 0.15) is 5.82 Å². The van der Waals surface area contributed by atoms with E-state index in [9.17, 15) is 9.18 Å². The first-order valence-corrected chi connectivity index (χ1v) is 12.3. The number of fused-ring (bicyclic) bond motifs is 1. The van der Waals surface area contributed by atoms with Gasteiger partial charge in [0, 0.05) is 35.9 Å². The molecule has 0 saturated heterocycles. The summed E-state index contributed by atoms with van der Waals surface area (Å²) < 4.78 is 25.7. The molecule has 0 bridgehead atoms. The Morgan fingerprint density at radius 3 is 2.71 bits per heavy atom. The van der Waals surface area contributed by atoms with Gasteiger partial charge in [-0.05, 0) is 72.1 Å². The number of oxime groups is 1. The van der Waals surface area contributed by atoms with Crippen LogP contribution in [0.1, 0.15) is 45.3 Å². The van der Waals surface area contributed by atoms with E-state index in [1.165, 1.54) is 6.07 Å². The third-order valence-corrected chi connectivity index (χ3v) is 6.54. The van der Waals surface area contributed by atoms with Crippen LogP contribution in [0, 0.1) is 12.7 Å². The number of aromatic nitrogens is 1. The van der Waals surface area contributed by atoms with Gasteiger partial charge in [0.25, 0.3) is 5.91 Å². The lowest BCUT2D eigenvalue weighted by Gasteiger charge is -2.12. The maximum atomic E-state index is 15.0. The van der Waals surface area contributed by atoms with Crippen LogP contribution in [0.3, 0.4) is 0 Å². The summed E-state index contributed by atoms with van der Waals surface area (Å²) in [4.78, 5) is 23.3. The molecule has 0 saturated carbocycles. The molecule has 0 fully saturated rings. The Morgan fingerprint density at radius 1 is 1.00 bits per heavy atom. The highest BCUT2D eigenvalue weighted by atomic mass is 19.1. The van der Waals surface area contributed by atoms with Crippen LogP contribution in [-0.2, 0) is 11.4 Å². The molecule has 3 aromatic carbocycles. The Hall–Kier alpha value is -4.72. The Bertz CT molecular complexity index is 1550. The van der Waals surface area contributed by atoms with Gasteiger partial charge in [0.15, 0.2) is 17.6 Å². The zero-order chi connectivity index (χ0) is 26.1. The first-order valence-electron chi connectivity index (χ1n) is 12.3. The van der Waals surface area contributed by atoms with Crippen LogP contribution < -0.4 is 14.8 Å². The second kappa shape index (κ2) is 9.97. The quantitative estimate of drug-likeness (QED) is 0.360. The molecule has 6 rings (SSSR count). The molecule has 1 atom stereocenters. The Kier molecular flexibility index (Phi) is 6.21. The van der Waals surface area contributed by atoms with E-state index in [0.29, 0.717) is 52.4 Å². The molecule has 7 nitrogen and oxygen atoms in total. The number of aryl methyl sites for hydroxylation is 1. The van der Waals surface area contributed by atoms with E-state index < -0.39 is 0 Å². The number of ether oxygens (including phenoxy) is 2. The predicted molar refractivity (Wildman–Crippen MR) is 140 cm³/mol. The van der Waals surface area contributed by atoms with E-state index >= 15 is 0 Å². The van der Waals surface area contributed by atoms with E-state index in [1.54, 1.807) is 24.4 Å². The first kappa shape index (κ1) is 23.7. The lowest BCUT2D eigenvalue weighted by Crippen LogP contribution is -2.23. The summed E-state index contributed by atoms with van der Waals surface area (Å²) in [5, 5.41) is 7.24. The van der Waals surface area contributed by atoms with Gasteiger partial charge in [-0.2, -0.15) is 0 Å². The highest BCUT2D eigenvalue weighted by Gasteiger charge is 2.26. The van der Waals surface area contributed by atoms with Gasteiger partial charge in [-0.3, -0.25) is 9.78 Å². The van der Waals surface area contributed by atoms with Gasteiger partial charge >= 0.3 is 0 Å². The van der Waals surface area contributed by atoms with Crippen molar-refractivity contribution in [2.24, 2.45) is 5.16 Å². The third-order valence-electron chi connectivity index (χ3n) is 6.54. The van der Waals surface area contributed by atoms with E-state index in [0.717, 1.165) is 16.8 Å². The third kappa shape index (κ3) is 4.80. The van der Waals surface area contributed by atoms with Crippen LogP contribution in [-0.4, -0.2) is 23.4 Å². The van der Waals surface area contributed by atoms with Crippen molar-refractivity contribution >= 4 is 11.6 Å². The minimum Gasteiger partial charge on any atom is -0.454 e. The molecule has 4 aromatic rings. The minimum absolute atomic E-state index is 0.186. The number of nitrogens with one attached hydrogen (secondary N) is 1. The number of rotatable bonds is 6. The number of halogens is 1. The molecule has 0 radical (unpaired) electrons. The standard InChI is InChI=1S/C30H24FN3O4/c1-18-5-7-23(24(31)10-18)20-12-21(26-15-28(38-34-26)25-4-2-3-9-32-25)14-22(13-20)30(35)33-16-19-6-8-27-29(11-19)37-17-36-27/h2-14,28H,15-17H2,1H3,(H,33,35).